The molecule has 0 aromatic carbocycles. The summed E-state index contributed by atoms with van der Waals surface area (Å²) in [5.74, 6) is -2.57. The second-order valence-corrected chi connectivity index (χ2v) is 7.23. The summed E-state index contributed by atoms with van der Waals surface area (Å²) in [6.45, 7) is 1.26. The Kier molecular flexibility index (Phi) is 5.53. The Hall–Kier alpha value is -3.21. The number of piperidine rings is 1. The molecule has 2 aromatic heterocycles. The molecule has 2 fully saturated rings. The van der Waals surface area contributed by atoms with Gasteiger partial charge in [0.15, 0.2) is 11.5 Å². The average Bonchev–Trinajstić information content (AvgIpc) is 3.23. The summed E-state index contributed by atoms with van der Waals surface area (Å²) in [6.07, 6.45) is 5.12. The number of pyridine rings is 1. The molecule has 2 amide bonds. The Morgan fingerprint density at radius 3 is 2.60 bits per heavy atom. The van der Waals surface area contributed by atoms with Gasteiger partial charge >= 0.3 is 0 Å². The average molecular weight is 418 g/mol. The first-order valence-electron chi connectivity index (χ1n) is 9.57. The van der Waals surface area contributed by atoms with Gasteiger partial charge in [-0.05, 0) is 24.5 Å². The Balaban J connectivity index is 1.42. The molecule has 1 atom stereocenters. The van der Waals surface area contributed by atoms with Gasteiger partial charge < -0.3 is 10.6 Å². The Labute approximate surface area is 170 Å². The van der Waals surface area contributed by atoms with Gasteiger partial charge in [-0.2, -0.15) is 0 Å². The number of halogens is 2. The van der Waals surface area contributed by atoms with E-state index < -0.39 is 23.2 Å². The molecule has 2 saturated heterocycles. The summed E-state index contributed by atoms with van der Waals surface area (Å²) in [5.41, 5.74) is 5.27. The third-order valence-corrected chi connectivity index (χ3v) is 5.32. The van der Waals surface area contributed by atoms with E-state index in [2.05, 4.69) is 15.0 Å². The van der Waals surface area contributed by atoms with Crippen molar-refractivity contribution in [3.05, 3.63) is 47.5 Å². The second kappa shape index (κ2) is 8.27. The van der Waals surface area contributed by atoms with Crippen molar-refractivity contribution in [1.29, 1.82) is 0 Å². The minimum Gasteiger partial charge on any atom is -0.364 e. The summed E-state index contributed by atoms with van der Waals surface area (Å²) in [5, 5.41) is 1.33. The summed E-state index contributed by atoms with van der Waals surface area (Å²) in [4.78, 5) is 43.3. The van der Waals surface area contributed by atoms with Gasteiger partial charge in [0.1, 0.15) is 5.82 Å². The Morgan fingerprint density at radius 1 is 1.13 bits per heavy atom. The van der Waals surface area contributed by atoms with Crippen LogP contribution in [0.15, 0.2) is 24.7 Å². The van der Waals surface area contributed by atoms with Gasteiger partial charge in [0.2, 0.25) is 11.9 Å². The lowest BCUT2D eigenvalue weighted by atomic mass is 9.95. The minimum atomic E-state index is -0.967. The van der Waals surface area contributed by atoms with Gasteiger partial charge in [-0.1, -0.05) is 0 Å². The van der Waals surface area contributed by atoms with Gasteiger partial charge in [-0.25, -0.2) is 23.8 Å². The molecule has 0 saturated carbocycles. The van der Waals surface area contributed by atoms with Crippen molar-refractivity contribution in [2.24, 2.45) is 11.7 Å². The van der Waals surface area contributed by atoms with Crippen molar-refractivity contribution in [3.8, 4) is 0 Å². The number of carbonyl (C=O) groups excluding carboxylic acids is 2. The first-order valence-corrected chi connectivity index (χ1v) is 9.57. The lowest BCUT2D eigenvalue weighted by Gasteiger charge is -2.34. The van der Waals surface area contributed by atoms with Crippen LogP contribution < -0.4 is 10.6 Å². The van der Waals surface area contributed by atoms with Crippen LogP contribution in [-0.4, -0.2) is 51.5 Å². The molecule has 158 valence electrons. The van der Waals surface area contributed by atoms with Crippen molar-refractivity contribution in [3.63, 3.8) is 0 Å². The highest BCUT2D eigenvalue weighted by Crippen LogP contribution is 2.33. The van der Waals surface area contributed by atoms with E-state index in [1.807, 2.05) is 0 Å². The number of anilines is 1. The zero-order valence-electron chi connectivity index (χ0n) is 16.0. The molecule has 4 rings (SSSR count). The predicted octanol–water partition coefficient (Wildman–Crippen LogP) is 1.37. The molecule has 30 heavy (non-hydrogen) atoms. The molecule has 2 N–H and O–H groups in total. The highest BCUT2D eigenvalue weighted by Gasteiger charge is 2.37. The summed E-state index contributed by atoms with van der Waals surface area (Å²) >= 11 is 0. The van der Waals surface area contributed by atoms with Gasteiger partial charge in [0, 0.05) is 31.6 Å². The fourth-order valence-corrected chi connectivity index (χ4v) is 3.79. The van der Waals surface area contributed by atoms with Crippen LogP contribution in [0.3, 0.4) is 0 Å². The SMILES string of the molecule is NC(=O)c1nc(N2CCC(C(=O)N3OCC[C@H]3c3cncc(F)c3)CC2)ncc1F. The summed E-state index contributed by atoms with van der Waals surface area (Å²) in [7, 11) is 0. The number of hydroxylamine groups is 2. The molecule has 2 aliphatic heterocycles. The van der Waals surface area contributed by atoms with E-state index in [-0.39, 0.29) is 23.8 Å². The van der Waals surface area contributed by atoms with E-state index >= 15 is 0 Å². The second-order valence-electron chi connectivity index (χ2n) is 7.23. The van der Waals surface area contributed by atoms with Gasteiger partial charge in [-0.15, -0.1) is 0 Å². The van der Waals surface area contributed by atoms with E-state index in [0.29, 0.717) is 44.5 Å². The number of nitrogens with zero attached hydrogens (tertiary/aromatic N) is 5. The van der Waals surface area contributed by atoms with E-state index in [0.717, 1.165) is 12.4 Å². The third-order valence-electron chi connectivity index (χ3n) is 5.32. The number of primary amides is 1. The Morgan fingerprint density at radius 2 is 1.90 bits per heavy atom. The monoisotopic (exact) mass is 418 g/mol. The van der Waals surface area contributed by atoms with E-state index in [9.17, 15) is 18.4 Å². The number of rotatable bonds is 4. The zero-order chi connectivity index (χ0) is 21.3. The number of carbonyl (C=O) groups is 2. The molecule has 11 heteroatoms. The van der Waals surface area contributed by atoms with Crippen LogP contribution >= 0.6 is 0 Å². The minimum absolute atomic E-state index is 0.167. The molecular formula is C19H20F2N6O3. The van der Waals surface area contributed by atoms with Crippen molar-refractivity contribution in [2.45, 2.75) is 25.3 Å². The third kappa shape index (κ3) is 3.92. The molecule has 0 radical (unpaired) electrons. The molecule has 0 spiro atoms. The first kappa shape index (κ1) is 20.1. The van der Waals surface area contributed by atoms with Crippen molar-refractivity contribution < 1.29 is 23.2 Å². The molecule has 2 aromatic rings. The smallest absolute Gasteiger partial charge is 0.270 e. The largest absolute Gasteiger partial charge is 0.364 e. The predicted molar refractivity (Wildman–Crippen MR) is 99.8 cm³/mol. The lowest BCUT2D eigenvalue weighted by Crippen LogP contribution is -2.42. The van der Waals surface area contributed by atoms with Crippen LogP contribution in [0.4, 0.5) is 14.7 Å². The zero-order valence-corrected chi connectivity index (χ0v) is 16.0. The number of hydrogen-bond acceptors (Lipinski definition) is 7. The van der Waals surface area contributed by atoms with Gasteiger partial charge in [0.25, 0.3) is 5.91 Å². The molecule has 9 nitrogen and oxygen atoms in total. The quantitative estimate of drug-likeness (QED) is 0.797. The number of hydrogen-bond donors (Lipinski definition) is 1. The van der Waals surface area contributed by atoms with Crippen LogP contribution in [-0.2, 0) is 9.63 Å². The van der Waals surface area contributed by atoms with E-state index in [1.165, 1.54) is 17.3 Å². The van der Waals surface area contributed by atoms with E-state index in [1.54, 1.807) is 4.90 Å². The molecule has 0 bridgehead atoms. The summed E-state index contributed by atoms with van der Waals surface area (Å²) < 4.78 is 27.1. The topological polar surface area (TPSA) is 115 Å². The van der Waals surface area contributed by atoms with Crippen LogP contribution in [0.5, 0.6) is 0 Å². The molecule has 2 aliphatic rings. The molecular weight excluding hydrogens is 398 g/mol. The molecule has 0 unspecified atom stereocenters. The van der Waals surface area contributed by atoms with E-state index in [4.69, 9.17) is 10.6 Å². The first-order chi connectivity index (χ1) is 14.4. The molecule has 4 heterocycles. The highest BCUT2D eigenvalue weighted by atomic mass is 19.1. The maximum absolute atomic E-state index is 13.6. The number of nitrogens with two attached hydrogens (primary N) is 1. The standard InChI is InChI=1S/C19H20F2N6O3/c20-13-7-12(8-23-9-13)15-3-6-30-27(15)18(29)11-1-4-26(5-2-11)19-24-10-14(21)16(25-19)17(22)28/h7-11,15H,1-6H2,(H2,22,28)/t15-/m0/s1. The summed E-state index contributed by atoms with van der Waals surface area (Å²) in [6, 6.07) is 0.981. The highest BCUT2D eigenvalue weighted by molar-refractivity contribution is 5.91. The maximum atomic E-state index is 13.6. The van der Waals surface area contributed by atoms with Crippen molar-refractivity contribution in [1.82, 2.24) is 20.0 Å². The fraction of sp³-hybridized carbons (Fsp3) is 0.421. The number of amides is 2. The van der Waals surface area contributed by atoms with Gasteiger partial charge in [-0.3, -0.25) is 19.4 Å². The van der Waals surface area contributed by atoms with Gasteiger partial charge in [0.05, 0.1) is 25.0 Å². The Bertz CT molecular complexity index is 967. The molecule has 0 aliphatic carbocycles. The maximum Gasteiger partial charge on any atom is 0.270 e. The number of aromatic nitrogens is 3. The fourth-order valence-electron chi connectivity index (χ4n) is 3.79. The van der Waals surface area contributed by atoms with Crippen LogP contribution in [0.1, 0.15) is 41.4 Å². The normalized spacial score (nSPS) is 19.9. The van der Waals surface area contributed by atoms with Crippen LogP contribution in [0.25, 0.3) is 0 Å². The van der Waals surface area contributed by atoms with Crippen molar-refractivity contribution >= 4 is 17.8 Å². The van der Waals surface area contributed by atoms with Crippen LogP contribution in [0, 0.1) is 17.6 Å². The lowest BCUT2D eigenvalue weighted by molar-refractivity contribution is -0.182. The van der Waals surface area contributed by atoms with Crippen LogP contribution in [0.2, 0.25) is 0 Å². The van der Waals surface area contributed by atoms with Crippen molar-refractivity contribution in [2.75, 3.05) is 24.6 Å².